The lowest BCUT2D eigenvalue weighted by Crippen LogP contribution is -2.09. The maximum atomic E-state index is 10.4. The molecule has 0 aliphatic heterocycles. The first kappa shape index (κ1) is 13.7. The van der Waals surface area contributed by atoms with Gasteiger partial charge in [0.25, 0.3) is 0 Å². The van der Waals surface area contributed by atoms with Crippen LogP contribution < -0.4 is 10.6 Å². The Morgan fingerprint density at radius 3 is 2.00 bits per heavy atom. The van der Waals surface area contributed by atoms with Crippen molar-refractivity contribution in [2.75, 3.05) is 19.0 Å². The lowest BCUT2D eigenvalue weighted by molar-refractivity contribution is 0.100. The van der Waals surface area contributed by atoms with E-state index in [9.17, 15) is 4.79 Å². The Morgan fingerprint density at radius 1 is 1.06 bits per heavy atom. The minimum Gasteiger partial charge on any atom is -0.366 e. The lowest BCUT2D eigenvalue weighted by atomic mass is 10.2. The molecule has 0 saturated carbocycles. The van der Waals surface area contributed by atoms with E-state index in [1.807, 2.05) is 43.3 Å². The van der Waals surface area contributed by atoms with E-state index in [1.54, 1.807) is 30.5 Å². The Labute approximate surface area is 107 Å². The summed E-state index contributed by atoms with van der Waals surface area (Å²) in [5.74, 6) is 0.619. The number of rotatable bonds is 2. The van der Waals surface area contributed by atoms with Crippen LogP contribution in [-0.4, -0.2) is 25.0 Å². The highest BCUT2D eigenvalue weighted by Crippen LogP contribution is 2.02. The summed E-state index contributed by atoms with van der Waals surface area (Å²) in [4.78, 5) is 16.5. The van der Waals surface area contributed by atoms with Gasteiger partial charge in [0, 0.05) is 25.9 Å². The Morgan fingerprint density at radius 2 is 1.67 bits per heavy atom. The van der Waals surface area contributed by atoms with E-state index < -0.39 is 0 Å². The predicted molar refractivity (Wildman–Crippen MR) is 73.5 cm³/mol. The second-order valence-corrected chi connectivity index (χ2v) is 3.81. The van der Waals surface area contributed by atoms with E-state index in [1.165, 1.54) is 0 Å². The first-order chi connectivity index (χ1) is 8.61. The van der Waals surface area contributed by atoms with Gasteiger partial charge in [0.15, 0.2) is 0 Å². The predicted octanol–water partition coefficient (Wildman–Crippen LogP) is 1.93. The minimum atomic E-state index is -0.379. The first-order valence-electron chi connectivity index (χ1n) is 5.54. The van der Waals surface area contributed by atoms with Crippen molar-refractivity contribution >= 4 is 11.7 Å². The summed E-state index contributed by atoms with van der Waals surface area (Å²) in [6.45, 7) is 0. The van der Waals surface area contributed by atoms with Crippen molar-refractivity contribution in [2.24, 2.45) is 5.73 Å². The number of benzene rings is 1. The van der Waals surface area contributed by atoms with E-state index in [-0.39, 0.29) is 5.91 Å². The van der Waals surface area contributed by atoms with Gasteiger partial charge in [0.1, 0.15) is 5.82 Å². The van der Waals surface area contributed by atoms with Crippen LogP contribution in [0.15, 0.2) is 54.7 Å². The molecule has 0 radical (unpaired) electrons. The number of pyridine rings is 1. The van der Waals surface area contributed by atoms with E-state index in [4.69, 9.17) is 5.73 Å². The van der Waals surface area contributed by atoms with Gasteiger partial charge in [-0.1, -0.05) is 24.3 Å². The third-order valence-electron chi connectivity index (χ3n) is 2.17. The monoisotopic (exact) mass is 243 g/mol. The molecule has 1 heterocycles. The molecular formula is C14H17N3O. The van der Waals surface area contributed by atoms with Crippen LogP contribution in [0.2, 0.25) is 0 Å². The van der Waals surface area contributed by atoms with Crippen LogP contribution in [0.25, 0.3) is 0 Å². The summed E-state index contributed by atoms with van der Waals surface area (Å²) in [6, 6.07) is 14.6. The molecule has 94 valence electrons. The van der Waals surface area contributed by atoms with Gasteiger partial charge >= 0.3 is 0 Å². The van der Waals surface area contributed by atoms with Gasteiger partial charge < -0.3 is 10.6 Å². The van der Waals surface area contributed by atoms with Crippen molar-refractivity contribution in [3.8, 4) is 0 Å². The summed E-state index contributed by atoms with van der Waals surface area (Å²) in [6.07, 6.45) is 1.79. The quantitative estimate of drug-likeness (QED) is 0.876. The van der Waals surface area contributed by atoms with Crippen LogP contribution >= 0.6 is 0 Å². The van der Waals surface area contributed by atoms with Crippen LogP contribution in [-0.2, 0) is 0 Å². The molecule has 0 aliphatic carbocycles. The van der Waals surface area contributed by atoms with Gasteiger partial charge in [0.05, 0.1) is 0 Å². The number of hydrogen-bond donors (Lipinski definition) is 1. The van der Waals surface area contributed by atoms with Crippen LogP contribution in [0.4, 0.5) is 5.82 Å². The number of hydrogen-bond acceptors (Lipinski definition) is 3. The molecule has 4 nitrogen and oxygen atoms in total. The van der Waals surface area contributed by atoms with Gasteiger partial charge in [-0.3, -0.25) is 4.79 Å². The van der Waals surface area contributed by atoms with Crippen molar-refractivity contribution in [1.82, 2.24) is 4.98 Å². The number of carbonyl (C=O) groups excluding carboxylic acids is 1. The highest BCUT2D eigenvalue weighted by Gasteiger charge is 1.93. The van der Waals surface area contributed by atoms with Crippen LogP contribution in [0.1, 0.15) is 10.4 Å². The highest BCUT2D eigenvalue weighted by atomic mass is 16.1. The van der Waals surface area contributed by atoms with Gasteiger partial charge in [-0.25, -0.2) is 4.98 Å². The highest BCUT2D eigenvalue weighted by molar-refractivity contribution is 5.92. The molecule has 1 aromatic carbocycles. The number of anilines is 1. The van der Waals surface area contributed by atoms with Gasteiger partial charge in [-0.15, -0.1) is 0 Å². The molecule has 0 bridgehead atoms. The van der Waals surface area contributed by atoms with E-state index >= 15 is 0 Å². The Bertz CT molecular complexity index is 469. The molecule has 0 aliphatic rings. The Balaban J connectivity index is 0.000000180. The molecule has 0 fully saturated rings. The van der Waals surface area contributed by atoms with E-state index in [0.717, 1.165) is 5.82 Å². The van der Waals surface area contributed by atoms with Crippen molar-refractivity contribution in [1.29, 1.82) is 0 Å². The fourth-order valence-corrected chi connectivity index (χ4v) is 1.22. The van der Waals surface area contributed by atoms with E-state index in [0.29, 0.717) is 5.56 Å². The smallest absolute Gasteiger partial charge is 0.248 e. The Kier molecular flexibility index (Phi) is 5.38. The molecule has 2 N–H and O–H groups in total. The summed E-state index contributed by atoms with van der Waals surface area (Å²) in [5, 5.41) is 0. The number of primary amides is 1. The largest absolute Gasteiger partial charge is 0.366 e. The van der Waals surface area contributed by atoms with Gasteiger partial charge in [-0.05, 0) is 24.3 Å². The van der Waals surface area contributed by atoms with Gasteiger partial charge in [-0.2, -0.15) is 0 Å². The van der Waals surface area contributed by atoms with Crippen LogP contribution in [0.5, 0.6) is 0 Å². The Hall–Kier alpha value is -2.36. The molecule has 0 unspecified atom stereocenters. The molecular weight excluding hydrogens is 226 g/mol. The maximum absolute atomic E-state index is 10.4. The van der Waals surface area contributed by atoms with Crippen molar-refractivity contribution in [3.63, 3.8) is 0 Å². The standard InChI is InChI=1S/C7H10N2.C7H7NO/c1-9(2)7-5-3-4-6-8-7;8-7(9)6-4-2-1-3-5-6/h3-6H,1-2H3;1-5H,(H2,8,9). The molecule has 0 spiro atoms. The molecule has 2 rings (SSSR count). The topological polar surface area (TPSA) is 59.2 Å². The minimum absolute atomic E-state index is 0.379. The number of carbonyl (C=O) groups is 1. The molecule has 18 heavy (non-hydrogen) atoms. The molecule has 4 heteroatoms. The summed E-state index contributed by atoms with van der Waals surface area (Å²) < 4.78 is 0. The lowest BCUT2D eigenvalue weighted by Gasteiger charge is -2.08. The third kappa shape index (κ3) is 4.65. The molecule has 2 aromatic rings. The van der Waals surface area contributed by atoms with Crippen LogP contribution in [0, 0.1) is 0 Å². The van der Waals surface area contributed by atoms with Crippen molar-refractivity contribution in [3.05, 3.63) is 60.3 Å². The maximum Gasteiger partial charge on any atom is 0.248 e. The average molecular weight is 243 g/mol. The van der Waals surface area contributed by atoms with Crippen molar-refractivity contribution < 1.29 is 4.79 Å². The summed E-state index contributed by atoms with van der Waals surface area (Å²) in [5.41, 5.74) is 5.53. The zero-order chi connectivity index (χ0) is 13.4. The summed E-state index contributed by atoms with van der Waals surface area (Å²) >= 11 is 0. The zero-order valence-electron chi connectivity index (χ0n) is 10.6. The van der Waals surface area contributed by atoms with Crippen LogP contribution in [0.3, 0.4) is 0 Å². The fourth-order valence-electron chi connectivity index (χ4n) is 1.22. The number of aromatic nitrogens is 1. The SMILES string of the molecule is CN(C)c1ccccn1.NC(=O)c1ccccc1. The first-order valence-corrected chi connectivity index (χ1v) is 5.54. The molecule has 0 saturated heterocycles. The second-order valence-electron chi connectivity index (χ2n) is 3.81. The van der Waals surface area contributed by atoms with Crippen molar-refractivity contribution in [2.45, 2.75) is 0 Å². The normalized spacial score (nSPS) is 9.00. The zero-order valence-corrected chi connectivity index (χ0v) is 10.6. The second kappa shape index (κ2) is 7.06. The third-order valence-corrected chi connectivity index (χ3v) is 2.17. The molecule has 1 aromatic heterocycles. The van der Waals surface area contributed by atoms with E-state index in [2.05, 4.69) is 4.98 Å². The molecule has 0 atom stereocenters. The van der Waals surface area contributed by atoms with Gasteiger partial charge in [0.2, 0.25) is 5.91 Å². The average Bonchev–Trinajstić information content (AvgIpc) is 2.41. The summed E-state index contributed by atoms with van der Waals surface area (Å²) in [7, 11) is 3.95. The molecule has 1 amide bonds. The fraction of sp³-hybridized carbons (Fsp3) is 0.143. The number of amides is 1. The number of nitrogens with two attached hydrogens (primary N) is 1. The number of nitrogens with zero attached hydrogens (tertiary/aromatic N) is 2.